The SMILES string of the molecule is CCOC(=O)CN(C/C=N/NC(=O)OC(C)(C)C)S(=O)(=O)c1ccc2cc(Cl)ccc2c1. The quantitative estimate of drug-likeness (QED) is 0.349. The summed E-state index contributed by atoms with van der Waals surface area (Å²) in [6, 6.07) is 9.65. The second-order valence-corrected chi connectivity index (χ2v) is 10.1. The van der Waals surface area contributed by atoms with Gasteiger partial charge in [-0.15, -0.1) is 0 Å². The van der Waals surface area contributed by atoms with Gasteiger partial charge in [-0.1, -0.05) is 23.7 Å². The third-order valence-corrected chi connectivity index (χ3v) is 6.00. The molecule has 0 unspecified atom stereocenters. The molecule has 0 saturated carbocycles. The fourth-order valence-electron chi connectivity index (χ4n) is 2.63. The summed E-state index contributed by atoms with van der Waals surface area (Å²) in [5.41, 5.74) is 1.44. The normalized spacial score (nSPS) is 12.3. The maximum absolute atomic E-state index is 13.2. The molecule has 0 aliphatic heterocycles. The molecule has 0 radical (unpaired) electrons. The van der Waals surface area contributed by atoms with E-state index in [1.54, 1.807) is 52.0 Å². The number of carbonyl (C=O) groups is 2. The number of rotatable bonds is 8. The van der Waals surface area contributed by atoms with E-state index in [9.17, 15) is 18.0 Å². The Hall–Kier alpha value is -2.69. The molecule has 1 N–H and O–H groups in total. The van der Waals surface area contributed by atoms with Crippen molar-refractivity contribution in [2.75, 3.05) is 19.7 Å². The number of halogens is 1. The summed E-state index contributed by atoms with van der Waals surface area (Å²) in [4.78, 5) is 23.7. The van der Waals surface area contributed by atoms with Gasteiger partial charge in [-0.25, -0.2) is 18.6 Å². The largest absolute Gasteiger partial charge is 0.465 e. The van der Waals surface area contributed by atoms with Gasteiger partial charge in [0.05, 0.1) is 18.0 Å². The molecule has 0 atom stereocenters. The van der Waals surface area contributed by atoms with E-state index < -0.39 is 34.2 Å². The number of amides is 1. The Balaban J connectivity index is 2.24. The number of ether oxygens (including phenoxy) is 2. The molecular weight excluding hydrogens is 458 g/mol. The molecule has 1 amide bonds. The topological polar surface area (TPSA) is 114 Å². The molecule has 0 spiro atoms. The predicted molar refractivity (Wildman–Crippen MR) is 122 cm³/mol. The van der Waals surface area contributed by atoms with E-state index in [0.29, 0.717) is 10.4 Å². The zero-order chi connectivity index (χ0) is 23.9. The Bertz CT molecular complexity index is 1110. The second-order valence-electron chi connectivity index (χ2n) is 7.68. The van der Waals surface area contributed by atoms with Crippen LogP contribution in [0.5, 0.6) is 0 Å². The van der Waals surface area contributed by atoms with Gasteiger partial charge >= 0.3 is 12.1 Å². The highest BCUT2D eigenvalue weighted by atomic mass is 35.5. The van der Waals surface area contributed by atoms with E-state index in [0.717, 1.165) is 15.9 Å². The maximum atomic E-state index is 13.2. The smallest absolute Gasteiger partial charge is 0.428 e. The van der Waals surface area contributed by atoms with Crippen LogP contribution in [0.2, 0.25) is 5.02 Å². The second kappa shape index (κ2) is 10.8. The first kappa shape index (κ1) is 25.6. The first-order chi connectivity index (χ1) is 14.9. The van der Waals surface area contributed by atoms with Gasteiger partial charge in [-0.3, -0.25) is 4.79 Å². The first-order valence-corrected chi connectivity index (χ1v) is 11.6. The van der Waals surface area contributed by atoms with Gasteiger partial charge in [0.25, 0.3) is 0 Å². The van der Waals surface area contributed by atoms with Crippen LogP contribution in [0, 0.1) is 0 Å². The fourth-order valence-corrected chi connectivity index (χ4v) is 4.17. The number of hydrogen-bond acceptors (Lipinski definition) is 7. The number of benzene rings is 2. The van der Waals surface area contributed by atoms with Gasteiger partial charge < -0.3 is 9.47 Å². The summed E-state index contributed by atoms with van der Waals surface area (Å²) in [5.74, 6) is -0.711. The predicted octanol–water partition coefficient (Wildman–Crippen LogP) is 3.56. The van der Waals surface area contributed by atoms with E-state index in [2.05, 4.69) is 10.5 Å². The zero-order valence-corrected chi connectivity index (χ0v) is 19.9. The van der Waals surface area contributed by atoms with Gasteiger partial charge in [0, 0.05) is 11.2 Å². The molecule has 9 nitrogen and oxygen atoms in total. The first-order valence-electron chi connectivity index (χ1n) is 9.78. The van der Waals surface area contributed by atoms with Crippen molar-refractivity contribution in [3.05, 3.63) is 41.4 Å². The lowest BCUT2D eigenvalue weighted by Gasteiger charge is -2.20. The summed E-state index contributed by atoms with van der Waals surface area (Å²) < 4.78 is 37.3. The zero-order valence-electron chi connectivity index (χ0n) is 18.3. The number of hydrazone groups is 1. The average Bonchev–Trinajstić information content (AvgIpc) is 2.68. The highest BCUT2D eigenvalue weighted by Gasteiger charge is 2.27. The van der Waals surface area contributed by atoms with Gasteiger partial charge in [0.1, 0.15) is 12.1 Å². The Kier molecular flexibility index (Phi) is 8.59. The molecular formula is C21H26ClN3O6S. The molecule has 32 heavy (non-hydrogen) atoms. The molecule has 0 aromatic heterocycles. The van der Waals surface area contributed by atoms with Crippen LogP contribution in [0.25, 0.3) is 10.8 Å². The van der Waals surface area contributed by atoms with E-state index in [-0.39, 0.29) is 18.0 Å². The van der Waals surface area contributed by atoms with Crippen LogP contribution in [0.4, 0.5) is 4.79 Å². The minimum atomic E-state index is -4.08. The molecule has 11 heteroatoms. The summed E-state index contributed by atoms with van der Waals surface area (Å²) in [7, 11) is -4.08. The molecule has 2 aromatic rings. The Morgan fingerprint density at radius 1 is 1.16 bits per heavy atom. The van der Waals surface area contributed by atoms with Crippen LogP contribution in [-0.2, 0) is 24.3 Å². The van der Waals surface area contributed by atoms with Crippen molar-refractivity contribution in [1.29, 1.82) is 0 Å². The van der Waals surface area contributed by atoms with Crippen LogP contribution in [0.3, 0.4) is 0 Å². The molecule has 0 aliphatic carbocycles. The highest BCUT2D eigenvalue weighted by Crippen LogP contribution is 2.24. The summed E-state index contributed by atoms with van der Waals surface area (Å²) >= 11 is 5.98. The minimum Gasteiger partial charge on any atom is -0.465 e. The van der Waals surface area contributed by atoms with Crippen molar-refractivity contribution >= 4 is 50.7 Å². The summed E-state index contributed by atoms with van der Waals surface area (Å²) in [6.45, 7) is 6.02. The van der Waals surface area contributed by atoms with Gasteiger partial charge in [-0.2, -0.15) is 9.41 Å². The third-order valence-electron chi connectivity index (χ3n) is 3.95. The molecule has 2 rings (SSSR count). The van der Waals surface area contributed by atoms with Crippen LogP contribution in [0.1, 0.15) is 27.7 Å². The number of carbonyl (C=O) groups excluding carboxylic acids is 2. The summed E-state index contributed by atoms with van der Waals surface area (Å²) in [5, 5.41) is 5.67. The number of nitrogens with zero attached hydrogens (tertiary/aromatic N) is 2. The summed E-state index contributed by atoms with van der Waals surface area (Å²) in [6.07, 6.45) is 0.364. The lowest BCUT2D eigenvalue weighted by Crippen LogP contribution is -2.38. The van der Waals surface area contributed by atoms with E-state index in [1.165, 1.54) is 12.1 Å². The molecule has 0 saturated heterocycles. The molecule has 0 heterocycles. The molecule has 2 aromatic carbocycles. The molecule has 174 valence electrons. The standard InChI is InChI=1S/C21H26ClN3O6S/c1-5-30-19(26)14-25(11-10-23-24-20(27)31-21(2,3)4)32(28,29)18-9-7-15-12-17(22)8-6-16(15)13-18/h6-10,12-13H,5,11,14H2,1-4H3,(H,24,27)/b23-10+. The van der Waals surface area contributed by atoms with Gasteiger partial charge in [-0.05, 0) is 62.7 Å². The minimum absolute atomic E-state index is 0.00915. The Morgan fingerprint density at radius 3 is 2.47 bits per heavy atom. The van der Waals surface area contributed by atoms with Crippen molar-refractivity contribution in [3.8, 4) is 0 Å². The number of nitrogens with one attached hydrogen (secondary N) is 1. The number of esters is 1. The van der Waals surface area contributed by atoms with Crippen LogP contribution in [0.15, 0.2) is 46.4 Å². The van der Waals surface area contributed by atoms with Gasteiger partial charge in [0.15, 0.2) is 0 Å². The average molecular weight is 484 g/mol. The number of sulfonamides is 1. The van der Waals surface area contributed by atoms with Crippen LogP contribution >= 0.6 is 11.6 Å². The van der Waals surface area contributed by atoms with Crippen molar-refractivity contribution in [2.24, 2.45) is 5.10 Å². The Morgan fingerprint density at radius 2 is 1.81 bits per heavy atom. The third kappa shape index (κ3) is 7.47. The van der Waals surface area contributed by atoms with E-state index in [1.807, 2.05) is 0 Å². The van der Waals surface area contributed by atoms with Crippen molar-refractivity contribution in [3.63, 3.8) is 0 Å². The highest BCUT2D eigenvalue weighted by molar-refractivity contribution is 7.89. The van der Waals surface area contributed by atoms with Crippen LogP contribution in [-0.4, -0.2) is 56.3 Å². The lowest BCUT2D eigenvalue weighted by molar-refractivity contribution is -0.143. The molecule has 0 aliphatic rings. The van der Waals surface area contributed by atoms with E-state index in [4.69, 9.17) is 21.1 Å². The maximum Gasteiger partial charge on any atom is 0.428 e. The number of fused-ring (bicyclic) bond motifs is 1. The number of hydrogen-bond donors (Lipinski definition) is 1. The van der Waals surface area contributed by atoms with Crippen LogP contribution < -0.4 is 5.43 Å². The molecule has 0 fully saturated rings. The fraction of sp³-hybridized carbons (Fsp3) is 0.381. The van der Waals surface area contributed by atoms with Crippen molar-refractivity contribution in [2.45, 2.75) is 38.2 Å². The van der Waals surface area contributed by atoms with Crippen molar-refractivity contribution in [1.82, 2.24) is 9.73 Å². The van der Waals surface area contributed by atoms with Crippen molar-refractivity contribution < 1.29 is 27.5 Å². The Labute approximate surface area is 192 Å². The van der Waals surface area contributed by atoms with E-state index >= 15 is 0 Å². The molecule has 0 bridgehead atoms. The lowest BCUT2D eigenvalue weighted by atomic mass is 10.1. The van der Waals surface area contributed by atoms with Gasteiger partial charge in [0.2, 0.25) is 10.0 Å². The monoisotopic (exact) mass is 483 g/mol.